The highest BCUT2D eigenvalue weighted by molar-refractivity contribution is 7.88. The van der Waals surface area contributed by atoms with E-state index in [4.69, 9.17) is 0 Å². The summed E-state index contributed by atoms with van der Waals surface area (Å²) in [5.41, 5.74) is 1.44. The summed E-state index contributed by atoms with van der Waals surface area (Å²) in [4.78, 5) is 10.8. The third-order valence-corrected chi connectivity index (χ3v) is 2.45. The third kappa shape index (κ3) is 4.90. The lowest BCUT2D eigenvalue weighted by atomic mass is 10.2. The van der Waals surface area contributed by atoms with Gasteiger partial charge < -0.3 is 5.32 Å². The molecule has 0 radical (unpaired) electrons. The molecule has 0 spiro atoms. The van der Waals surface area contributed by atoms with Crippen molar-refractivity contribution in [1.82, 2.24) is 4.72 Å². The minimum atomic E-state index is -3.20. The van der Waals surface area contributed by atoms with Crippen molar-refractivity contribution in [1.29, 1.82) is 0 Å². The molecule has 0 atom stereocenters. The van der Waals surface area contributed by atoms with Crippen molar-refractivity contribution in [2.45, 2.75) is 13.5 Å². The fourth-order valence-electron chi connectivity index (χ4n) is 1.18. The third-order valence-electron chi connectivity index (χ3n) is 1.79. The molecular formula is C10H14N2O3S. The molecule has 6 heteroatoms. The molecule has 0 fully saturated rings. The Bertz CT molecular complexity index is 483. The maximum absolute atomic E-state index is 10.9. The van der Waals surface area contributed by atoms with Crippen molar-refractivity contribution in [3.05, 3.63) is 29.8 Å². The number of hydrogen-bond donors (Lipinski definition) is 2. The minimum Gasteiger partial charge on any atom is -0.326 e. The maximum atomic E-state index is 10.9. The highest BCUT2D eigenvalue weighted by Crippen LogP contribution is 2.10. The van der Waals surface area contributed by atoms with Gasteiger partial charge in [-0.1, -0.05) is 12.1 Å². The standard InChI is InChI=1S/C10H14N2O3S/c1-8(13)12-10-5-3-4-9(6-10)7-11-16(2,14)15/h3-6,11H,7H2,1-2H3,(H,12,13). The Kier molecular flexibility index (Phi) is 4.03. The van der Waals surface area contributed by atoms with E-state index < -0.39 is 10.0 Å². The highest BCUT2D eigenvalue weighted by Gasteiger charge is 2.02. The first-order valence-electron chi connectivity index (χ1n) is 4.68. The van der Waals surface area contributed by atoms with Crippen LogP contribution in [0, 0.1) is 0 Å². The molecule has 0 saturated heterocycles. The van der Waals surface area contributed by atoms with Crippen molar-refractivity contribution >= 4 is 21.6 Å². The van der Waals surface area contributed by atoms with Crippen molar-refractivity contribution in [3.8, 4) is 0 Å². The molecule has 5 nitrogen and oxygen atoms in total. The van der Waals surface area contributed by atoms with Crippen LogP contribution in [0.1, 0.15) is 12.5 Å². The SMILES string of the molecule is CC(=O)Nc1cccc(CNS(C)(=O)=O)c1. The van der Waals surface area contributed by atoms with E-state index in [2.05, 4.69) is 10.0 Å². The number of carbonyl (C=O) groups is 1. The number of hydrogen-bond acceptors (Lipinski definition) is 3. The number of rotatable bonds is 4. The second-order valence-corrected chi connectivity index (χ2v) is 5.31. The van der Waals surface area contributed by atoms with E-state index >= 15 is 0 Å². The zero-order chi connectivity index (χ0) is 12.2. The van der Waals surface area contributed by atoms with Gasteiger partial charge in [0, 0.05) is 19.2 Å². The number of anilines is 1. The minimum absolute atomic E-state index is 0.159. The number of carbonyl (C=O) groups excluding carboxylic acids is 1. The van der Waals surface area contributed by atoms with Crippen molar-refractivity contribution in [2.75, 3.05) is 11.6 Å². The lowest BCUT2D eigenvalue weighted by Crippen LogP contribution is -2.21. The predicted octanol–water partition coefficient (Wildman–Crippen LogP) is 0.694. The summed E-state index contributed by atoms with van der Waals surface area (Å²) in [7, 11) is -3.20. The summed E-state index contributed by atoms with van der Waals surface area (Å²) >= 11 is 0. The summed E-state index contributed by atoms with van der Waals surface area (Å²) < 4.78 is 24.2. The van der Waals surface area contributed by atoms with Gasteiger partial charge >= 0.3 is 0 Å². The number of sulfonamides is 1. The van der Waals surface area contributed by atoms with Crippen LogP contribution in [0.4, 0.5) is 5.69 Å². The smallest absolute Gasteiger partial charge is 0.221 e. The van der Waals surface area contributed by atoms with Gasteiger partial charge in [0.05, 0.1) is 6.26 Å². The number of benzene rings is 1. The highest BCUT2D eigenvalue weighted by atomic mass is 32.2. The Labute approximate surface area is 94.9 Å². The van der Waals surface area contributed by atoms with Crippen molar-refractivity contribution in [2.24, 2.45) is 0 Å². The molecule has 1 aromatic carbocycles. The first-order valence-corrected chi connectivity index (χ1v) is 6.57. The molecule has 1 amide bonds. The summed E-state index contributed by atoms with van der Waals surface area (Å²) in [6.07, 6.45) is 1.10. The van der Waals surface area contributed by atoms with E-state index in [-0.39, 0.29) is 12.5 Å². The summed E-state index contributed by atoms with van der Waals surface area (Å²) in [5, 5.41) is 2.63. The fraction of sp³-hybridized carbons (Fsp3) is 0.300. The van der Waals surface area contributed by atoms with Gasteiger partial charge in [-0.2, -0.15) is 0 Å². The Hall–Kier alpha value is -1.40. The zero-order valence-corrected chi connectivity index (χ0v) is 9.97. The van der Waals surface area contributed by atoms with Gasteiger partial charge in [0.1, 0.15) is 0 Å². The molecule has 0 heterocycles. The van der Waals surface area contributed by atoms with Gasteiger partial charge in [0.25, 0.3) is 0 Å². The van der Waals surface area contributed by atoms with Gasteiger partial charge in [-0.3, -0.25) is 4.79 Å². The van der Waals surface area contributed by atoms with Gasteiger partial charge in [-0.25, -0.2) is 13.1 Å². The van der Waals surface area contributed by atoms with Crippen LogP contribution in [0.2, 0.25) is 0 Å². The van der Waals surface area contributed by atoms with E-state index in [1.54, 1.807) is 24.3 Å². The second-order valence-electron chi connectivity index (χ2n) is 3.47. The van der Waals surface area contributed by atoms with E-state index in [0.29, 0.717) is 5.69 Å². The Morgan fingerprint density at radius 2 is 2.06 bits per heavy atom. The van der Waals surface area contributed by atoms with Gasteiger partial charge in [0.15, 0.2) is 0 Å². The van der Waals surface area contributed by atoms with Crippen LogP contribution in [-0.4, -0.2) is 20.6 Å². The molecule has 16 heavy (non-hydrogen) atoms. The predicted molar refractivity (Wildman–Crippen MR) is 62.4 cm³/mol. The molecule has 2 N–H and O–H groups in total. The molecule has 1 rings (SSSR count). The molecular weight excluding hydrogens is 228 g/mol. The normalized spacial score (nSPS) is 11.1. The summed E-state index contributed by atoms with van der Waals surface area (Å²) in [6, 6.07) is 7.00. The molecule has 0 unspecified atom stereocenters. The van der Waals surface area contributed by atoms with Crippen LogP contribution in [0.25, 0.3) is 0 Å². The van der Waals surface area contributed by atoms with E-state index in [1.807, 2.05) is 0 Å². The average Bonchev–Trinajstić information content (AvgIpc) is 2.13. The van der Waals surface area contributed by atoms with Crippen LogP contribution in [0.3, 0.4) is 0 Å². The summed E-state index contributed by atoms with van der Waals surface area (Å²) in [5.74, 6) is -0.159. The lowest BCUT2D eigenvalue weighted by molar-refractivity contribution is -0.114. The monoisotopic (exact) mass is 242 g/mol. The van der Waals surface area contributed by atoms with Crippen LogP contribution in [0.5, 0.6) is 0 Å². The fourth-order valence-corrected chi connectivity index (χ4v) is 1.61. The molecule has 0 aliphatic carbocycles. The van der Waals surface area contributed by atoms with Crippen molar-refractivity contribution in [3.63, 3.8) is 0 Å². The second kappa shape index (κ2) is 5.09. The Morgan fingerprint density at radius 3 is 2.62 bits per heavy atom. The largest absolute Gasteiger partial charge is 0.326 e. The molecule has 0 aromatic heterocycles. The van der Waals surface area contributed by atoms with E-state index in [0.717, 1.165) is 11.8 Å². The van der Waals surface area contributed by atoms with Crippen LogP contribution in [-0.2, 0) is 21.4 Å². The quantitative estimate of drug-likeness (QED) is 0.815. The topological polar surface area (TPSA) is 75.3 Å². The molecule has 88 valence electrons. The van der Waals surface area contributed by atoms with E-state index in [9.17, 15) is 13.2 Å². The van der Waals surface area contributed by atoms with Gasteiger partial charge in [-0.15, -0.1) is 0 Å². The van der Waals surface area contributed by atoms with Crippen molar-refractivity contribution < 1.29 is 13.2 Å². The average molecular weight is 242 g/mol. The number of nitrogens with one attached hydrogen (secondary N) is 2. The summed E-state index contributed by atoms with van der Waals surface area (Å²) in [6.45, 7) is 1.63. The first kappa shape index (κ1) is 12.7. The zero-order valence-electron chi connectivity index (χ0n) is 9.15. The first-order chi connectivity index (χ1) is 7.37. The molecule has 0 aliphatic rings. The van der Waals surface area contributed by atoms with Crippen LogP contribution in [0.15, 0.2) is 24.3 Å². The molecule has 0 bridgehead atoms. The number of amides is 1. The van der Waals surface area contributed by atoms with Gasteiger partial charge in [0.2, 0.25) is 15.9 Å². The molecule has 1 aromatic rings. The maximum Gasteiger partial charge on any atom is 0.221 e. The van der Waals surface area contributed by atoms with E-state index in [1.165, 1.54) is 6.92 Å². The molecule has 0 saturated carbocycles. The Morgan fingerprint density at radius 1 is 1.38 bits per heavy atom. The lowest BCUT2D eigenvalue weighted by Gasteiger charge is -2.06. The molecule has 0 aliphatic heterocycles. The Balaban J connectivity index is 2.71. The van der Waals surface area contributed by atoms with Crippen LogP contribution < -0.4 is 10.0 Å². The van der Waals surface area contributed by atoms with Gasteiger partial charge in [-0.05, 0) is 17.7 Å². The van der Waals surface area contributed by atoms with Crippen LogP contribution >= 0.6 is 0 Å².